The maximum absolute atomic E-state index is 13.3. The van der Waals surface area contributed by atoms with Crippen molar-refractivity contribution in [2.24, 2.45) is 0 Å². The summed E-state index contributed by atoms with van der Waals surface area (Å²) in [4.78, 5) is 16.1. The molecule has 1 aliphatic rings. The highest BCUT2D eigenvalue weighted by molar-refractivity contribution is 5.77. The molecule has 0 bridgehead atoms. The lowest BCUT2D eigenvalue weighted by Gasteiger charge is -2.20. The molecule has 1 aromatic heterocycles. The lowest BCUT2D eigenvalue weighted by Crippen LogP contribution is -2.38. The van der Waals surface area contributed by atoms with E-state index < -0.39 is 0 Å². The number of carbonyl (C=O) groups is 1. The van der Waals surface area contributed by atoms with Crippen molar-refractivity contribution in [3.63, 3.8) is 0 Å². The molecule has 1 N–H and O–H groups in total. The van der Waals surface area contributed by atoms with E-state index in [4.69, 9.17) is 0 Å². The minimum atomic E-state index is -0.265. The maximum Gasteiger partial charge on any atom is 0.233 e. The van der Waals surface area contributed by atoms with Crippen LogP contribution in [0.4, 0.5) is 4.39 Å². The molecule has 0 radical (unpaired) electrons. The second kappa shape index (κ2) is 8.22. The van der Waals surface area contributed by atoms with E-state index in [1.165, 1.54) is 12.1 Å². The van der Waals surface area contributed by atoms with Crippen molar-refractivity contribution < 1.29 is 9.18 Å². The van der Waals surface area contributed by atoms with Gasteiger partial charge in [0.15, 0.2) is 0 Å². The van der Waals surface area contributed by atoms with E-state index in [0.717, 1.165) is 50.5 Å². The highest BCUT2D eigenvalue weighted by atomic mass is 19.1. The summed E-state index contributed by atoms with van der Waals surface area (Å²) >= 11 is 0. The van der Waals surface area contributed by atoms with Gasteiger partial charge >= 0.3 is 0 Å². The van der Waals surface area contributed by atoms with E-state index in [1.54, 1.807) is 17.8 Å². The first-order chi connectivity index (χ1) is 12.1. The van der Waals surface area contributed by atoms with E-state index in [1.807, 2.05) is 18.3 Å². The lowest BCUT2D eigenvalue weighted by atomic mass is 10.3. The van der Waals surface area contributed by atoms with Crippen LogP contribution in [0.1, 0.15) is 12.1 Å². The van der Waals surface area contributed by atoms with Crippen LogP contribution in [0.5, 0.6) is 0 Å². The zero-order valence-corrected chi connectivity index (χ0v) is 14.5. The Kier molecular flexibility index (Phi) is 5.78. The van der Waals surface area contributed by atoms with Gasteiger partial charge in [-0.3, -0.25) is 14.6 Å². The van der Waals surface area contributed by atoms with Crippen molar-refractivity contribution >= 4 is 5.91 Å². The standard InChI is InChI=1S/C18H24FN5O/c1-20-18(25)14-23-8-3-7-22(10-11-23)13-16-6-9-24(21-16)17-5-2-4-15(19)12-17/h2,4-6,9,12H,3,7-8,10-11,13-14H2,1H3,(H,20,25). The summed E-state index contributed by atoms with van der Waals surface area (Å²) in [6, 6.07) is 8.39. The summed E-state index contributed by atoms with van der Waals surface area (Å²) < 4.78 is 15.1. The molecular formula is C18H24FN5O. The van der Waals surface area contributed by atoms with Crippen molar-refractivity contribution in [3.05, 3.63) is 48.0 Å². The van der Waals surface area contributed by atoms with Crippen LogP contribution in [0.2, 0.25) is 0 Å². The summed E-state index contributed by atoms with van der Waals surface area (Å²) in [7, 11) is 1.67. The molecule has 1 aromatic carbocycles. The minimum absolute atomic E-state index is 0.0577. The Morgan fingerprint density at radius 1 is 1.20 bits per heavy atom. The molecule has 134 valence electrons. The van der Waals surface area contributed by atoms with Crippen molar-refractivity contribution in [1.82, 2.24) is 24.9 Å². The van der Waals surface area contributed by atoms with Gasteiger partial charge in [-0.2, -0.15) is 5.10 Å². The van der Waals surface area contributed by atoms with Crippen molar-refractivity contribution in [3.8, 4) is 5.69 Å². The number of benzene rings is 1. The molecule has 0 atom stereocenters. The maximum atomic E-state index is 13.3. The first-order valence-electron chi connectivity index (χ1n) is 8.60. The van der Waals surface area contributed by atoms with Crippen molar-refractivity contribution in [1.29, 1.82) is 0 Å². The van der Waals surface area contributed by atoms with Gasteiger partial charge in [-0.05, 0) is 43.8 Å². The fraction of sp³-hybridized carbons (Fsp3) is 0.444. The molecule has 3 rings (SSSR count). The molecule has 25 heavy (non-hydrogen) atoms. The van der Waals surface area contributed by atoms with Gasteiger partial charge in [-0.15, -0.1) is 0 Å². The van der Waals surface area contributed by atoms with Crippen molar-refractivity contribution in [2.75, 3.05) is 39.8 Å². The van der Waals surface area contributed by atoms with Gasteiger partial charge in [0, 0.05) is 32.9 Å². The third kappa shape index (κ3) is 4.87. The summed E-state index contributed by atoms with van der Waals surface area (Å²) in [6.45, 7) is 4.91. The Morgan fingerprint density at radius 3 is 2.80 bits per heavy atom. The number of hydrogen-bond donors (Lipinski definition) is 1. The van der Waals surface area contributed by atoms with Crippen LogP contribution in [-0.2, 0) is 11.3 Å². The molecule has 1 saturated heterocycles. The van der Waals surface area contributed by atoms with Crippen LogP contribution in [-0.4, -0.2) is 65.3 Å². The quantitative estimate of drug-likeness (QED) is 0.887. The number of carbonyl (C=O) groups excluding carboxylic acids is 1. The topological polar surface area (TPSA) is 53.4 Å². The largest absolute Gasteiger partial charge is 0.358 e. The molecule has 0 saturated carbocycles. The average molecular weight is 345 g/mol. The second-order valence-corrected chi connectivity index (χ2v) is 6.31. The second-order valence-electron chi connectivity index (χ2n) is 6.31. The van der Waals surface area contributed by atoms with Crippen LogP contribution in [0.25, 0.3) is 5.69 Å². The lowest BCUT2D eigenvalue weighted by molar-refractivity contribution is -0.121. The fourth-order valence-electron chi connectivity index (χ4n) is 3.06. The zero-order valence-electron chi connectivity index (χ0n) is 14.5. The number of nitrogens with one attached hydrogen (secondary N) is 1. The monoisotopic (exact) mass is 345 g/mol. The van der Waals surface area contributed by atoms with Crippen LogP contribution in [0, 0.1) is 5.82 Å². The van der Waals surface area contributed by atoms with E-state index in [-0.39, 0.29) is 11.7 Å². The molecule has 2 heterocycles. The highest BCUT2D eigenvalue weighted by Crippen LogP contribution is 2.12. The van der Waals surface area contributed by atoms with Gasteiger partial charge in [0.25, 0.3) is 0 Å². The fourth-order valence-corrected chi connectivity index (χ4v) is 3.06. The Labute approximate surface area is 147 Å². The van der Waals surface area contributed by atoms with Gasteiger partial charge in [0.05, 0.1) is 17.9 Å². The summed E-state index contributed by atoms with van der Waals surface area (Å²) in [5, 5.41) is 7.23. The van der Waals surface area contributed by atoms with Gasteiger partial charge in [0.1, 0.15) is 5.82 Å². The first kappa shape index (κ1) is 17.6. The number of aromatic nitrogens is 2. The molecule has 1 aliphatic heterocycles. The Bertz CT molecular complexity index is 717. The SMILES string of the molecule is CNC(=O)CN1CCCN(Cc2ccn(-c3cccc(F)c3)n2)CC1. The number of halogens is 1. The van der Waals surface area contributed by atoms with Crippen LogP contribution in [0.3, 0.4) is 0 Å². The van der Waals surface area contributed by atoms with Gasteiger partial charge in [-0.25, -0.2) is 9.07 Å². The normalized spacial score (nSPS) is 16.6. The molecule has 0 spiro atoms. The van der Waals surface area contributed by atoms with E-state index >= 15 is 0 Å². The first-order valence-corrected chi connectivity index (χ1v) is 8.60. The predicted octanol–water partition coefficient (Wildman–Crippen LogP) is 1.27. The van der Waals surface area contributed by atoms with E-state index in [0.29, 0.717) is 6.54 Å². The summed E-state index contributed by atoms with van der Waals surface area (Å²) in [6.07, 6.45) is 2.89. The van der Waals surface area contributed by atoms with E-state index in [9.17, 15) is 9.18 Å². The van der Waals surface area contributed by atoms with Gasteiger partial charge in [-0.1, -0.05) is 6.07 Å². The number of rotatable bonds is 5. The Morgan fingerprint density at radius 2 is 2.00 bits per heavy atom. The number of likely N-dealkylation sites (N-methyl/N-ethyl adjacent to an activating group) is 1. The molecule has 1 amide bonds. The Hall–Kier alpha value is -2.25. The highest BCUT2D eigenvalue weighted by Gasteiger charge is 2.17. The molecular weight excluding hydrogens is 321 g/mol. The van der Waals surface area contributed by atoms with Gasteiger partial charge in [0.2, 0.25) is 5.91 Å². The van der Waals surface area contributed by atoms with Crippen LogP contribution < -0.4 is 5.32 Å². The summed E-state index contributed by atoms with van der Waals surface area (Å²) in [5.74, 6) is -0.208. The molecule has 7 heteroatoms. The summed E-state index contributed by atoms with van der Waals surface area (Å²) in [5.41, 5.74) is 1.68. The van der Waals surface area contributed by atoms with Crippen LogP contribution >= 0.6 is 0 Å². The predicted molar refractivity (Wildman–Crippen MR) is 93.9 cm³/mol. The zero-order chi connectivity index (χ0) is 17.6. The van der Waals surface area contributed by atoms with E-state index in [2.05, 4.69) is 20.2 Å². The third-order valence-corrected chi connectivity index (χ3v) is 4.43. The average Bonchev–Trinajstić information content (AvgIpc) is 2.96. The number of amides is 1. The minimum Gasteiger partial charge on any atom is -0.358 e. The molecule has 0 unspecified atom stereocenters. The molecule has 1 fully saturated rings. The number of nitrogens with zero attached hydrogens (tertiary/aromatic N) is 4. The Balaban J connectivity index is 1.57. The molecule has 6 nitrogen and oxygen atoms in total. The molecule has 0 aliphatic carbocycles. The smallest absolute Gasteiger partial charge is 0.233 e. The third-order valence-electron chi connectivity index (χ3n) is 4.43. The van der Waals surface area contributed by atoms with Crippen LogP contribution in [0.15, 0.2) is 36.5 Å². The van der Waals surface area contributed by atoms with Gasteiger partial charge < -0.3 is 5.32 Å². The molecule has 2 aromatic rings. The number of hydrogen-bond acceptors (Lipinski definition) is 4. The van der Waals surface area contributed by atoms with Crippen molar-refractivity contribution in [2.45, 2.75) is 13.0 Å².